The van der Waals surface area contributed by atoms with Gasteiger partial charge in [-0.2, -0.15) is 0 Å². The number of ketones is 1. The summed E-state index contributed by atoms with van der Waals surface area (Å²) in [6.45, 7) is 6.28. The zero-order chi connectivity index (χ0) is 10.1. The summed E-state index contributed by atoms with van der Waals surface area (Å²) >= 11 is 0. The van der Waals surface area contributed by atoms with E-state index in [1.54, 1.807) is 6.92 Å². The molecule has 0 spiro atoms. The van der Waals surface area contributed by atoms with Gasteiger partial charge in [-0.25, -0.2) is 0 Å². The maximum absolute atomic E-state index is 11.2. The molecule has 80 valence electrons. The lowest BCUT2D eigenvalue weighted by Gasteiger charge is -2.23. The predicted molar refractivity (Wildman–Crippen MR) is 57.2 cm³/mol. The zero-order valence-electron chi connectivity index (χ0n) is 9.33. The van der Waals surface area contributed by atoms with Gasteiger partial charge in [0.1, 0.15) is 5.78 Å². The molecule has 1 aliphatic heterocycles. The largest absolute Gasteiger partial charge is 0.300 e. The van der Waals surface area contributed by atoms with Crippen LogP contribution in [-0.2, 0) is 4.79 Å². The highest BCUT2D eigenvalue weighted by Crippen LogP contribution is 2.32. The van der Waals surface area contributed by atoms with Crippen LogP contribution in [0.2, 0.25) is 0 Å². The van der Waals surface area contributed by atoms with Crippen molar-refractivity contribution in [1.29, 1.82) is 0 Å². The lowest BCUT2D eigenvalue weighted by Crippen LogP contribution is -2.32. The minimum atomic E-state index is 0.339. The van der Waals surface area contributed by atoms with Gasteiger partial charge in [0, 0.05) is 18.5 Å². The summed E-state index contributed by atoms with van der Waals surface area (Å²) in [5, 5.41) is 0. The van der Waals surface area contributed by atoms with E-state index in [1.165, 1.54) is 19.3 Å². The van der Waals surface area contributed by atoms with Crippen LogP contribution < -0.4 is 0 Å². The summed E-state index contributed by atoms with van der Waals surface area (Å²) < 4.78 is 0. The molecule has 2 fully saturated rings. The van der Waals surface area contributed by atoms with Crippen molar-refractivity contribution in [1.82, 2.24) is 4.90 Å². The van der Waals surface area contributed by atoms with Crippen LogP contribution in [0.5, 0.6) is 0 Å². The second kappa shape index (κ2) is 4.01. The minimum Gasteiger partial charge on any atom is -0.300 e. The van der Waals surface area contributed by atoms with Crippen LogP contribution in [-0.4, -0.2) is 29.8 Å². The van der Waals surface area contributed by atoms with E-state index in [2.05, 4.69) is 11.8 Å². The summed E-state index contributed by atoms with van der Waals surface area (Å²) in [5.41, 5.74) is 0. The van der Waals surface area contributed by atoms with E-state index in [9.17, 15) is 4.79 Å². The van der Waals surface area contributed by atoms with Gasteiger partial charge in [-0.3, -0.25) is 9.69 Å². The van der Waals surface area contributed by atoms with E-state index in [0.717, 1.165) is 31.5 Å². The Morgan fingerprint density at radius 2 is 2.07 bits per heavy atom. The Labute approximate surface area is 86.7 Å². The van der Waals surface area contributed by atoms with Crippen LogP contribution in [0.25, 0.3) is 0 Å². The molecule has 0 aromatic carbocycles. The highest BCUT2D eigenvalue weighted by molar-refractivity contribution is 5.78. The van der Waals surface area contributed by atoms with E-state index >= 15 is 0 Å². The van der Waals surface area contributed by atoms with Crippen LogP contribution in [0.1, 0.15) is 39.5 Å². The van der Waals surface area contributed by atoms with Crippen molar-refractivity contribution in [3.63, 3.8) is 0 Å². The van der Waals surface area contributed by atoms with Gasteiger partial charge in [0.25, 0.3) is 0 Å². The molecule has 0 N–H and O–H groups in total. The molecular weight excluding hydrogens is 174 g/mol. The Hall–Kier alpha value is -0.370. The molecule has 1 heterocycles. The normalized spacial score (nSPS) is 39.1. The molecule has 0 aromatic rings. The smallest absolute Gasteiger partial charge is 0.134 e. The monoisotopic (exact) mass is 195 g/mol. The lowest BCUT2D eigenvalue weighted by atomic mass is 10.1. The highest BCUT2D eigenvalue weighted by Gasteiger charge is 2.33. The summed E-state index contributed by atoms with van der Waals surface area (Å²) in [6, 6.07) is 0.786. The quantitative estimate of drug-likeness (QED) is 0.672. The van der Waals surface area contributed by atoms with Gasteiger partial charge in [-0.1, -0.05) is 6.92 Å². The van der Waals surface area contributed by atoms with Gasteiger partial charge in [-0.15, -0.1) is 0 Å². The van der Waals surface area contributed by atoms with Crippen molar-refractivity contribution in [2.24, 2.45) is 11.8 Å². The number of hydrogen-bond donors (Lipinski definition) is 0. The molecule has 0 amide bonds. The average molecular weight is 195 g/mol. The Bertz CT molecular complexity index is 226. The Kier molecular flexibility index (Phi) is 2.91. The summed E-state index contributed by atoms with van der Waals surface area (Å²) in [5.74, 6) is 1.63. The summed E-state index contributed by atoms with van der Waals surface area (Å²) in [4.78, 5) is 13.8. The first kappa shape index (κ1) is 10.2. The molecule has 2 nitrogen and oxygen atoms in total. The van der Waals surface area contributed by atoms with E-state index in [1.807, 2.05) is 0 Å². The van der Waals surface area contributed by atoms with Gasteiger partial charge < -0.3 is 0 Å². The third-order valence-electron chi connectivity index (χ3n) is 3.98. The molecular formula is C12H21NO. The van der Waals surface area contributed by atoms with E-state index in [4.69, 9.17) is 0 Å². The first-order chi connectivity index (χ1) is 6.66. The van der Waals surface area contributed by atoms with Crippen molar-refractivity contribution >= 4 is 5.78 Å². The number of carbonyl (C=O) groups is 1. The fourth-order valence-electron chi connectivity index (χ4n) is 2.96. The third kappa shape index (κ3) is 2.00. The molecule has 1 aliphatic carbocycles. The van der Waals surface area contributed by atoms with Gasteiger partial charge >= 0.3 is 0 Å². The first-order valence-corrected chi connectivity index (χ1v) is 5.91. The third-order valence-corrected chi connectivity index (χ3v) is 3.98. The minimum absolute atomic E-state index is 0.339. The van der Waals surface area contributed by atoms with Crippen molar-refractivity contribution in [3.05, 3.63) is 0 Å². The molecule has 0 aromatic heterocycles. The second-order valence-corrected chi connectivity index (χ2v) is 5.16. The van der Waals surface area contributed by atoms with Gasteiger partial charge in [-0.05, 0) is 45.1 Å². The molecule has 3 unspecified atom stereocenters. The van der Waals surface area contributed by atoms with E-state index in [0.29, 0.717) is 11.7 Å². The van der Waals surface area contributed by atoms with Crippen LogP contribution >= 0.6 is 0 Å². The van der Waals surface area contributed by atoms with Gasteiger partial charge in [0.15, 0.2) is 0 Å². The maximum atomic E-state index is 11.2. The topological polar surface area (TPSA) is 20.3 Å². The number of likely N-dealkylation sites (tertiary alicyclic amines) is 1. The van der Waals surface area contributed by atoms with Gasteiger partial charge in [0.2, 0.25) is 0 Å². The van der Waals surface area contributed by atoms with Crippen molar-refractivity contribution in [3.8, 4) is 0 Å². The molecule has 1 saturated heterocycles. The molecule has 2 aliphatic rings. The molecule has 1 saturated carbocycles. The number of carbonyl (C=O) groups excluding carboxylic acids is 1. The van der Waals surface area contributed by atoms with Gasteiger partial charge in [0.05, 0.1) is 0 Å². The van der Waals surface area contributed by atoms with Crippen molar-refractivity contribution in [2.45, 2.75) is 45.6 Å². The maximum Gasteiger partial charge on any atom is 0.134 e. The predicted octanol–water partition coefficient (Wildman–Crippen LogP) is 2.09. The fourth-order valence-corrected chi connectivity index (χ4v) is 2.96. The van der Waals surface area contributed by atoms with Crippen LogP contribution in [0, 0.1) is 11.8 Å². The number of Topliss-reactive ketones (excluding diaryl/α,β-unsaturated/α-hetero) is 1. The van der Waals surface area contributed by atoms with E-state index in [-0.39, 0.29) is 0 Å². The van der Waals surface area contributed by atoms with Crippen LogP contribution in [0.4, 0.5) is 0 Å². The molecule has 2 rings (SSSR count). The van der Waals surface area contributed by atoms with E-state index < -0.39 is 0 Å². The molecule has 3 atom stereocenters. The standard InChI is InChI=1S/C12H21NO/c1-9-3-4-12(7-9)13-6-5-11(8-13)10(2)14/h9,11-12H,3-8H2,1-2H3. The Balaban J connectivity index is 1.86. The molecule has 14 heavy (non-hydrogen) atoms. The number of nitrogens with zero attached hydrogens (tertiary/aromatic N) is 1. The Morgan fingerprint density at radius 1 is 1.29 bits per heavy atom. The fraction of sp³-hybridized carbons (Fsp3) is 0.917. The molecule has 0 radical (unpaired) electrons. The zero-order valence-corrected chi connectivity index (χ0v) is 9.33. The van der Waals surface area contributed by atoms with Crippen LogP contribution in [0.15, 0.2) is 0 Å². The summed E-state index contributed by atoms with van der Waals surface area (Å²) in [7, 11) is 0. The van der Waals surface area contributed by atoms with Crippen molar-refractivity contribution < 1.29 is 4.79 Å². The number of rotatable bonds is 2. The van der Waals surface area contributed by atoms with Crippen LogP contribution in [0.3, 0.4) is 0 Å². The lowest BCUT2D eigenvalue weighted by molar-refractivity contribution is -0.120. The Morgan fingerprint density at radius 3 is 2.57 bits per heavy atom. The molecule has 0 bridgehead atoms. The first-order valence-electron chi connectivity index (χ1n) is 5.91. The SMILES string of the molecule is CC(=O)C1CCN(C2CCC(C)C2)C1. The average Bonchev–Trinajstić information content (AvgIpc) is 2.70. The highest BCUT2D eigenvalue weighted by atomic mass is 16.1. The second-order valence-electron chi connectivity index (χ2n) is 5.16. The summed E-state index contributed by atoms with van der Waals surface area (Å²) in [6.07, 6.45) is 5.18. The molecule has 2 heteroatoms. The number of hydrogen-bond acceptors (Lipinski definition) is 2. The van der Waals surface area contributed by atoms with Crippen molar-refractivity contribution in [2.75, 3.05) is 13.1 Å².